The Hall–Kier alpha value is -2.29. The Balaban J connectivity index is 2.73. The zero-order chi connectivity index (χ0) is 15.2. The van der Waals surface area contributed by atoms with E-state index in [1.54, 1.807) is 26.0 Å². The van der Waals surface area contributed by atoms with E-state index in [1.807, 2.05) is 0 Å². The molecule has 108 valence electrons. The third kappa shape index (κ3) is 3.60. The van der Waals surface area contributed by atoms with E-state index in [0.29, 0.717) is 37.0 Å². The average molecular weight is 277 g/mol. The van der Waals surface area contributed by atoms with E-state index in [2.05, 4.69) is 16.7 Å². The van der Waals surface area contributed by atoms with Gasteiger partial charge in [0.05, 0.1) is 6.07 Å². The van der Waals surface area contributed by atoms with Gasteiger partial charge < -0.3 is 15.7 Å². The van der Waals surface area contributed by atoms with Crippen molar-refractivity contribution in [3.8, 4) is 6.07 Å². The largest absolute Gasteiger partial charge is 0.480 e. The van der Waals surface area contributed by atoms with Crippen molar-refractivity contribution in [3.05, 3.63) is 23.4 Å². The van der Waals surface area contributed by atoms with Crippen molar-refractivity contribution in [1.29, 1.82) is 5.26 Å². The maximum absolute atomic E-state index is 11.9. The van der Waals surface area contributed by atoms with Crippen molar-refractivity contribution < 1.29 is 14.7 Å². The SMILES string of the molecule is CCC(CC)(NC(=O)NC1=CCCC(C#N)=C1)C(=O)O. The second-order valence-electron chi connectivity index (χ2n) is 4.65. The number of carbonyl (C=O) groups excluding carboxylic acids is 1. The van der Waals surface area contributed by atoms with Gasteiger partial charge in [0, 0.05) is 11.3 Å². The first kappa shape index (κ1) is 15.8. The molecular weight excluding hydrogens is 258 g/mol. The highest BCUT2D eigenvalue weighted by atomic mass is 16.4. The zero-order valence-electron chi connectivity index (χ0n) is 11.7. The molecule has 6 heteroatoms. The fraction of sp³-hybridized carbons (Fsp3) is 0.500. The van der Waals surface area contributed by atoms with Crippen LogP contribution in [0.1, 0.15) is 39.5 Å². The Morgan fingerprint density at radius 2 is 2.10 bits per heavy atom. The molecular formula is C14H19N3O3. The monoisotopic (exact) mass is 277 g/mol. The molecule has 1 rings (SSSR count). The van der Waals surface area contributed by atoms with E-state index in [4.69, 9.17) is 5.26 Å². The standard InChI is InChI=1S/C14H19N3O3/c1-3-14(4-2,12(18)19)17-13(20)16-11-7-5-6-10(8-11)9-15/h7-8H,3-6H2,1-2H3,(H,18,19)(H2,16,17,20). The number of carbonyl (C=O) groups is 2. The van der Waals surface area contributed by atoms with E-state index in [9.17, 15) is 14.7 Å². The summed E-state index contributed by atoms with van der Waals surface area (Å²) in [6.45, 7) is 3.43. The van der Waals surface area contributed by atoms with Crippen molar-refractivity contribution >= 4 is 12.0 Å². The molecule has 0 aromatic heterocycles. The summed E-state index contributed by atoms with van der Waals surface area (Å²) in [7, 11) is 0. The van der Waals surface area contributed by atoms with Gasteiger partial charge in [0.2, 0.25) is 0 Å². The van der Waals surface area contributed by atoms with Gasteiger partial charge in [-0.05, 0) is 31.8 Å². The molecule has 0 aromatic rings. The zero-order valence-corrected chi connectivity index (χ0v) is 11.7. The Morgan fingerprint density at radius 3 is 2.60 bits per heavy atom. The number of rotatable bonds is 5. The van der Waals surface area contributed by atoms with Gasteiger partial charge in [-0.15, -0.1) is 0 Å². The number of nitrogens with zero attached hydrogens (tertiary/aromatic N) is 1. The highest BCUT2D eigenvalue weighted by Crippen LogP contribution is 2.17. The summed E-state index contributed by atoms with van der Waals surface area (Å²) in [5, 5.41) is 23.2. The molecule has 1 aliphatic rings. The molecule has 0 bridgehead atoms. The molecule has 0 atom stereocenters. The third-order valence-electron chi connectivity index (χ3n) is 3.48. The van der Waals surface area contributed by atoms with Crippen LogP contribution < -0.4 is 10.6 Å². The Bertz CT molecular complexity index is 496. The number of nitriles is 1. The van der Waals surface area contributed by atoms with Crippen LogP contribution in [-0.4, -0.2) is 22.6 Å². The van der Waals surface area contributed by atoms with Crippen molar-refractivity contribution in [2.45, 2.75) is 45.1 Å². The fourth-order valence-corrected chi connectivity index (χ4v) is 2.04. The fourth-order valence-electron chi connectivity index (χ4n) is 2.04. The van der Waals surface area contributed by atoms with Gasteiger partial charge in [0.25, 0.3) is 0 Å². The van der Waals surface area contributed by atoms with Gasteiger partial charge in [0.1, 0.15) is 5.54 Å². The van der Waals surface area contributed by atoms with E-state index in [1.165, 1.54) is 0 Å². The average Bonchev–Trinajstić information content (AvgIpc) is 2.44. The second kappa shape index (κ2) is 6.75. The molecule has 0 spiro atoms. The number of hydrogen-bond donors (Lipinski definition) is 3. The normalized spacial score (nSPS) is 14.7. The summed E-state index contributed by atoms with van der Waals surface area (Å²) >= 11 is 0. The minimum atomic E-state index is -1.26. The number of carboxylic acid groups (broad SMARTS) is 1. The lowest BCUT2D eigenvalue weighted by atomic mass is 9.93. The van der Waals surface area contributed by atoms with Gasteiger partial charge in [-0.2, -0.15) is 5.26 Å². The maximum atomic E-state index is 11.9. The third-order valence-corrected chi connectivity index (χ3v) is 3.48. The lowest BCUT2D eigenvalue weighted by Crippen LogP contribution is -2.56. The molecule has 6 nitrogen and oxygen atoms in total. The van der Waals surface area contributed by atoms with Crippen LogP contribution >= 0.6 is 0 Å². The van der Waals surface area contributed by atoms with Gasteiger partial charge in [-0.3, -0.25) is 0 Å². The van der Waals surface area contributed by atoms with Crippen molar-refractivity contribution in [1.82, 2.24) is 10.6 Å². The molecule has 2 amide bonds. The van der Waals surface area contributed by atoms with Crippen molar-refractivity contribution in [2.24, 2.45) is 0 Å². The molecule has 1 aliphatic carbocycles. The van der Waals surface area contributed by atoms with Gasteiger partial charge in [-0.1, -0.05) is 19.9 Å². The van der Waals surface area contributed by atoms with Crippen LogP contribution in [0.3, 0.4) is 0 Å². The highest BCUT2D eigenvalue weighted by Gasteiger charge is 2.36. The molecule has 0 saturated heterocycles. The van der Waals surface area contributed by atoms with Gasteiger partial charge in [-0.25, -0.2) is 9.59 Å². The summed E-state index contributed by atoms with van der Waals surface area (Å²) in [6.07, 6.45) is 5.34. The van der Waals surface area contributed by atoms with Crippen molar-refractivity contribution in [2.75, 3.05) is 0 Å². The van der Waals surface area contributed by atoms with Crippen molar-refractivity contribution in [3.63, 3.8) is 0 Å². The van der Waals surface area contributed by atoms with E-state index in [-0.39, 0.29) is 0 Å². The van der Waals surface area contributed by atoms with Crippen LogP contribution in [0.25, 0.3) is 0 Å². The number of hydrogen-bond acceptors (Lipinski definition) is 3. The van der Waals surface area contributed by atoms with Crippen LogP contribution in [0.4, 0.5) is 4.79 Å². The Morgan fingerprint density at radius 1 is 1.45 bits per heavy atom. The number of carboxylic acids is 1. The predicted octanol–water partition coefficient (Wildman–Crippen LogP) is 2.06. The Labute approximate surface area is 118 Å². The quantitative estimate of drug-likeness (QED) is 0.715. The minimum absolute atomic E-state index is 0.296. The number of aliphatic carboxylic acids is 1. The molecule has 0 saturated carbocycles. The highest BCUT2D eigenvalue weighted by molar-refractivity contribution is 5.87. The first-order chi connectivity index (χ1) is 9.47. The maximum Gasteiger partial charge on any atom is 0.329 e. The van der Waals surface area contributed by atoms with E-state index in [0.717, 1.165) is 0 Å². The van der Waals surface area contributed by atoms with E-state index < -0.39 is 17.5 Å². The smallest absolute Gasteiger partial charge is 0.329 e. The lowest BCUT2D eigenvalue weighted by molar-refractivity contribution is -0.144. The van der Waals surface area contributed by atoms with Crippen LogP contribution in [-0.2, 0) is 4.79 Å². The molecule has 0 aromatic carbocycles. The number of nitrogens with one attached hydrogen (secondary N) is 2. The molecule has 0 fully saturated rings. The molecule has 20 heavy (non-hydrogen) atoms. The topological polar surface area (TPSA) is 102 Å². The molecule has 0 aliphatic heterocycles. The molecule has 3 N–H and O–H groups in total. The predicted molar refractivity (Wildman–Crippen MR) is 73.6 cm³/mol. The molecule has 0 radical (unpaired) electrons. The lowest BCUT2D eigenvalue weighted by Gasteiger charge is -2.28. The van der Waals surface area contributed by atoms with Gasteiger partial charge in [0.15, 0.2) is 0 Å². The summed E-state index contributed by atoms with van der Waals surface area (Å²) < 4.78 is 0. The van der Waals surface area contributed by atoms with Crippen LogP contribution in [0, 0.1) is 11.3 Å². The summed E-state index contributed by atoms with van der Waals surface area (Å²) in [6, 6.07) is 1.48. The van der Waals surface area contributed by atoms with Crippen LogP contribution in [0.2, 0.25) is 0 Å². The minimum Gasteiger partial charge on any atom is -0.480 e. The van der Waals surface area contributed by atoms with E-state index >= 15 is 0 Å². The number of amides is 2. The summed E-state index contributed by atoms with van der Waals surface area (Å²) in [5.74, 6) is -1.05. The molecule has 0 heterocycles. The first-order valence-electron chi connectivity index (χ1n) is 6.60. The summed E-state index contributed by atoms with van der Waals surface area (Å²) in [4.78, 5) is 23.2. The molecule has 0 unspecified atom stereocenters. The van der Waals surface area contributed by atoms with Crippen LogP contribution in [0.5, 0.6) is 0 Å². The van der Waals surface area contributed by atoms with Gasteiger partial charge >= 0.3 is 12.0 Å². The second-order valence-corrected chi connectivity index (χ2v) is 4.65. The number of urea groups is 1. The first-order valence-corrected chi connectivity index (χ1v) is 6.60. The Kier molecular flexibility index (Phi) is 5.32. The number of allylic oxidation sites excluding steroid dienone is 3. The van der Waals surface area contributed by atoms with Crippen LogP contribution in [0.15, 0.2) is 23.4 Å². The summed E-state index contributed by atoms with van der Waals surface area (Å²) in [5.41, 5.74) is -0.142.